The number of aromatic amines is 1. The summed E-state index contributed by atoms with van der Waals surface area (Å²) >= 11 is 5.66. The molecule has 9 heteroatoms. The van der Waals surface area contributed by atoms with Crippen LogP contribution in [-0.4, -0.2) is 22.3 Å². The Morgan fingerprint density at radius 1 is 1.05 bits per heavy atom. The van der Waals surface area contributed by atoms with Crippen molar-refractivity contribution >= 4 is 22.6 Å². The van der Waals surface area contributed by atoms with E-state index in [1.165, 1.54) is 18.2 Å². The fraction of sp³-hybridized carbons (Fsp3) is 0.300. The minimum Gasteiger partial charge on any atom is -0.341 e. The Balaban J connectivity index is 2.61. The molecular formula is C10H5ClF6N2. The van der Waals surface area contributed by atoms with Gasteiger partial charge >= 0.3 is 12.4 Å². The molecule has 19 heavy (non-hydrogen) atoms. The SMILES string of the molecule is FC(F)(F)C(c1nc2c(Cl)cccc2[nH]1)C(F)(F)F. The molecule has 1 aromatic heterocycles. The van der Waals surface area contributed by atoms with Gasteiger partial charge in [-0.1, -0.05) is 17.7 Å². The van der Waals surface area contributed by atoms with Crippen molar-refractivity contribution in [3.63, 3.8) is 0 Å². The van der Waals surface area contributed by atoms with Gasteiger partial charge in [0.15, 0.2) is 0 Å². The van der Waals surface area contributed by atoms with Crippen molar-refractivity contribution in [2.24, 2.45) is 0 Å². The van der Waals surface area contributed by atoms with Crippen LogP contribution in [0.15, 0.2) is 18.2 Å². The highest BCUT2D eigenvalue weighted by Crippen LogP contribution is 2.45. The molecule has 0 atom stereocenters. The van der Waals surface area contributed by atoms with E-state index < -0.39 is 24.1 Å². The van der Waals surface area contributed by atoms with E-state index in [9.17, 15) is 26.3 Å². The molecule has 0 bridgehead atoms. The molecule has 1 aromatic carbocycles. The number of nitrogens with one attached hydrogen (secondary N) is 1. The Labute approximate surface area is 107 Å². The Bertz CT molecular complexity index is 586. The second-order valence-corrected chi connectivity index (χ2v) is 4.18. The molecule has 0 saturated carbocycles. The van der Waals surface area contributed by atoms with Crippen molar-refractivity contribution in [3.8, 4) is 0 Å². The fourth-order valence-electron chi connectivity index (χ4n) is 1.65. The van der Waals surface area contributed by atoms with Crippen LogP contribution in [0.2, 0.25) is 5.02 Å². The van der Waals surface area contributed by atoms with Gasteiger partial charge in [-0.25, -0.2) is 4.98 Å². The summed E-state index contributed by atoms with van der Waals surface area (Å²) in [5, 5.41) is -0.0249. The van der Waals surface area contributed by atoms with Crippen molar-refractivity contribution < 1.29 is 26.3 Å². The summed E-state index contributed by atoms with van der Waals surface area (Å²) < 4.78 is 75.1. The van der Waals surface area contributed by atoms with Gasteiger partial charge in [-0.3, -0.25) is 0 Å². The van der Waals surface area contributed by atoms with Crippen LogP contribution in [-0.2, 0) is 0 Å². The average Bonchev–Trinajstić information content (AvgIpc) is 2.57. The summed E-state index contributed by atoms with van der Waals surface area (Å²) in [6.45, 7) is 0. The number of hydrogen-bond acceptors (Lipinski definition) is 1. The maximum Gasteiger partial charge on any atom is 0.407 e. The predicted molar refractivity (Wildman–Crippen MR) is 56.0 cm³/mol. The molecule has 2 rings (SSSR count). The largest absolute Gasteiger partial charge is 0.407 e. The highest BCUT2D eigenvalue weighted by molar-refractivity contribution is 6.34. The molecule has 2 aromatic rings. The van der Waals surface area contributed by atoms with Gasteiger partial charge in [0.1, 0.15) is 11.3 Å². The highest BCUT2D eigenvalue weighted by Gasteiger charge is 2.59. The van der Waals surface area contributed by atoms with Crippen molar-refractivity contribution in [1.82, 2.24) is 9.97 Å². The normalized spacial score (nSPS) is 13.5. The zero-order valence-corrected chi connectivity index (χ0v) is 9.66. The lowest BCUT2D eigenvalue weighted by molar-refractivity contribution is -0.255. The first-order valence-electron chi connectivity index (χ1n) is 4.88. The van der Waals surface area contributed by atoms with E-state index in [-0.39, 0.29) is 16.1 Å². The molecular weight excluding hydrogens is 298 g/mol. The third-order valence-electron chi connectivity index (χ3n) is 2.41. The van der Waals surface area contributed by atoms with Crippen molar-refractivity contribution in [2.75, 3.05) is 0 Å². The number of fused-ring (bicyclic) bond motifs is 1. The third kappa shape index (κ3) is 2.63. The van der Waals surface area contributed by atoms with Crippen LogP contribution in [0.3, 0.4) is 0 Å². The van der Waals surface area contributed by atoms with Gasteiger partial charge in [0.25, 0.3) is 0 Å². The number of halogens is 7. The highest BCUT2D eigenvalue weighted by atomic mass is 35.5. The number of rotatable bonds is 1. The van der Waals surface area contributed by atoms with Gasteiger partial charge in [0.05, 0.1) is 10.5 Å². The summed E-state index contributed by atoms with van der Waals surface area (Å²) in [6, 6.07) is 4.01. The fourth-order valence-corrected chi connectivity index (χ4v) is 1.87. The van der Waals surface area contributed by atoms with E-state index in [1.807, 2.05) is 4.98 Å². The first-order chi connectivity index (χ1) is 8.60. The average molecular weight is 303 g/mol. The van der Waals surface area contributed by atoms with Crippen LogP contribution in [0.1, 0.15) is 11.7 Å². The van der Waals surface area contributed by atoms with Crippen LogP contribution >= 0.6 is 11.6 Å². The quantitative estimate of drug-likeness (QED) is 0.776. The molecule has 0 aliphatic rings. The number of benzene rings is 1. The van der Waals surface area contributed by atoms with Crippen LogP contribution in [0.25, 0.3) is 11.0 Å². The summed E-state index contributed by atoms with van der Waals surface area (Å²) in [5.74, 6) is -4.88. The summed E-state index contributed by atoms with van der Waals surface area (Å²) in [6.07, 6.45) is -11.0. The lowest BCUT2D eigenvalue weighted by Gasteiger charge is -2.20. The molecule has 0 unspecified atom stereocenters. The number of nitrogens with zero attached hydrogens (tertiary/aromatic N) is 1. The molecule has 1 heterocycles. The minimum atomic E-state index is -5.49. The number of aromatic nitrogens is 2. The smallest absolute Gasteiger partial charge is 0.341 e. The molecule has 0 aliphatic heterocycles. The molecule has 0 saturated heterocycles. The second-order valence-electron chi connectivity index (χ2n) is 3.77. The van der Waals surface area contributed by atoms with Crippen LogP contribution in [0.5, 0.6) is 0 Å². The number of para-hydroxylation sites is 1. The van der Waals surface area contributed by atoms with Crippen LogP contribution < -0.4 is 0 Å². The summed E-state index contributed by atoms with van der Waals surface area (Å²) in [4.78, 5) is 5.33. The summed E-state index contributed by atoms with van der Waals surface area (Å²) in [7, 11) is 0. The number of alkyl halides is 6. The van der Waals surface area contributed by atoms with Crippen LogP contribution in [0, 0.1) is 0 Å². The molecule has 104 valence electrons. The summed E-state index contributed by atoms with van der Waals surface area (Å²) in [5.41, 5.74) is -0.112. The molecule has 0 amide bonds. The first-order valence-corrected chi connectivity index (χ1v) is 5.26. The van der Waals surface area contributed by atoms with E-state index in [0.29, 0.717) is 0 Å². The molecule has 0 fully saturated rings. The van der Waals surface area contributed by atoms with Gasteiger partial charge in [-0.15, -0.1) is 0 Å². The van der Waals surface area contributed by atoms with E-state index in [4.69, 9.17) is 11.6 Å². The lowest BCUT2D eigenvalue weighted by Crippen LogP contribution is -2.34. The standard InChI is InChI=1S/C10H5ClF6N2/c11-4-2-1-3-5-6(4)19-8(18-5)7(9(12,13)14)10(15,16)17/h1-3,7H,(H,18,19). The van der Waals surface area contributed by atoms with Gasteiger partial charge in [0, 0.05) is 0 Å². The van der Waals surface area contributed by atoms with E-state index >= 15 is 0 Å². The molecule has 1 N–H and O–H groups in total. The maximum absolute atomic E-state index is 12.5. The molecule has 0 aliphatic carbocycles. The first kappa shape index (κ1) is 14.0. The monoisotopic (exact) mass is 302 g/mol. The molecule has 2 nitrogen and oxygen atoms in total. The lowest BCUT2D eigenvalue weighted by atomic mass is 10.1. The maximum atomic E-state index is 12.5. The van der Waals surface area contributed by atoms with Crippen molar-refractivity contribution in [2.45, 2.75) is 18.3 Å². The molecule has 0 radical (unpaired) electrons. The topological polar surface area (TPSA) is 28.7 Å². The third-order valence-corrected chi connectivity index (χ3v) is 2.71. The number of hydrogen-bond donors (Lipinski definition) is 1. The zero-order chi connectivity index (χ0) is 14.4. The predicted octanol–water partition coefficient (Wildman–Crippen LogP) is 4.42. The van der Waals surface area contributed by atoms with Gasteiger partial charge in [-0.2, -0.15) is 26.3 Å². The molecule has 0 spiro atoms. The van der Waals surface area contributed by atoms with E-state index in [0.717, 1.165) is 0 Å². The van der Waals surface area contributed by atoms with Gasteiger partial charge in [0.2, 0.25) is 5.92 Å². The second kappa shape index (κ2) is 4.29. The number of imidazole rings is 1. The Morgan fingerprint density at radius 2 is 1.63 bits per heavy atom. The Kier molecular flexibility index (Phi) is 3.16. The van der Waals surface area contributed by atoms with E-state index in [1.54, 1.807) is 0 Å². The van der Waals surface area contributed by atoms with Crippen LogP contribution in [0.4, 0.5) is 26.3 Å². The van der Waals surface area contributed by atoms with Gasteiger partial charge < -0.3 is 4.98 Å². The van der Waals surface area contributed by atoms with Crippen molar-refractivity contribution in [3.05, 3.63) is 29.0 Å². The number of H-pyrrole nitrogens is 1. The Hall–Kier alpha value is -1.44. The zero-order valence-electron chi connectivity index (χ0n) is 8.90. The van der Waals surface area contributed by atoms with E-state index in [2.05, 4.69) is 4.98 Å². The minimum absolute atomic E-state index is 0.0148. The van der Waals surface area contributed by atoms with Crippen molar-refractivity contribution in [1.29, 1.82) is 0 Å². The Morgan fingerprint density at radius 3 is 2.11 bits per heavy atom. The van der Waals surface area contributed by atoms with Gasteiger partial charge in [-0.05, 0) is 12.1 Å².